The molecule has 2 rings (SSSR count). The zero-order chi connectivity index (χ0) is 15.0. The number of hydrogen-bond acceptors (Lipinski definition) is 4. The Hall–Kier alpha value is -0.620. The summed E-state index contributed by atoms with van der Waals surface area (Å²) < 4.78 is 22.9. The van der Waals surface area contributed by atoms with Gasteiger partial charge in [-0.25, -0.2) is 8.42 Å². The molecule has 0 aromatic rings. The van der Waals surface area contributed by atoms with Gasteiger partial charge in [-0.05, 0) is 44.4 Å². The fourth-order valence-corrected chi connectivity index (χ4v) is 4.84. The first kappa shape index (κ1) is 15.8. The minimum atomic E-state index is -3.02. The van der Waals surface area contributed by atoms with E-state index < -0.39 is 9.84 Å². The van der Waals surface area contributed by atoms with Crippen LogP contribution in [0.4, 0.5) is 0 Å². The van der Waals surface area contributed by atoms with Gasteiger partial charge in [0.05, 0.1) is 5.75 Å². The lowest BCUT2D eigenvalue weighted by Gasteiger charge is -2.38. The van der Waals surface area contributed by atoms with Gasteiger partial charge >= 0.3 is 0 Å². The van der Waals surface area contributed by atoms with Crippen molar-refractivity contribution in [2.24, 2.45) is 11.1 Å². The Morgan fingerprint density at radius 3 is 2.55 bits per heavy atom. The first-order chi connectivity index (χ1) is 9.22. The van der Waals surface area contributed by atoms with Crippen molar-refractivity contribution < 1.29 is 13.2 Å². The van der Waals surface area contributed by atoms with Crippen molar-refractivity contribution in [1.29, 1.82) is 0 Å². The van der Waals surface area contributed by atoms with Crippen LogP contribution in [-0.2, 0) is 14.6 Å². The van der Waals surface area contributed by atoms with E-state index in [1.165, 1.54) is 6.26 Å². The molecule has 2 atom stereocenters. The Morgan fingerprint density at radius 2 is 2.05 bits per heavy atom. The molecule has 1 aliphatic carbocycles. The maximum absolute atomic E-state index is 12.5. The van der Waals surface area contributed by atoms with Gasteiger partial charge in [-0.2, -0.15) is 0 Å². The van der Waals surface area contributed by atoms with E-state index in [9.17, 15) is 13.2 Å². The molecule has 2 unspecified atom stereocenters. The van der Waals surface area contributed by atoms with E-state index in [1.54, 1.807) is 0 Å². The highest BCUT2D eigenvalue weighted by Gasteiger charge is 2.48. The van der Waals surface area contributed by atoms with Crippen molar-refractivity contribution in [3.8, 4) is 0 Å². The summed E-state index contributed by atoms with van der Waals surface area (Å²) in [6.45, 7) is 2.71. The number of hydrogen-bond donors (Lipinski definition) is 1. The summed E-state index contributed by atoms with van der Waals surface area (Å²) in [5, 5.41) is 0. The number of nitrogens with zero attached hydrogens (tertiary/aromatic N) is 1. The second-order valence-electron chi connectivity index (χ2n) is 6.76. The standard InChI is InChI=1S/C14H26N2O3S/c1-11(15)12-5-3-4-8-16(12)13(17)9-14(6-7-14)10-20(2,18)19/h11-12H,3-10,15H2,1-2H3. The molecule has 0 spiro atoms. The highest BCUT2D eigenvalue weighted by atomic mass is 32.2. The molecule has 5 nitrogen and oxygen atoms in total. The van der Waals surface area contributed by atoms with Crippen LogP contribution in [0.2, 0.25) is 0 Å². The van der Waals surface area contributed by atoms with Crippen LogP contribution in [0, 0.1) is 5.41 Å². The van der Waals surface area contributed by atoms with E-state index in [4.69, 9.17) is 5.73 Å². The molecule has 2 N–H and O–H groups in total. The van der Waals surface area contributed by atoms with Gasteiger partial charge in [0.15, 0.2) is 0 Å². The van der Waals surface area contributed by atoms with Gasteiger partial charge in [0, 0.05) is 31.3 Å². The van der Waals surface area contributed by atoms with Gasteiger partial charge in [-0.3, -0.25) is 4.79 Å². The lowest BCUT2D eigenvalue weighted by atomic mass is 9.95. The quantitative estimate of drug-likeness (QED) is 0.819. The topological polar surface area (TPSA) is 80.5 Å². The largest absolute Gasteiger partial charge is 0.338 e. The number of amides is 1. The fraction of sp³-hybridized carbons (Fsp3) is 0.929. The third-order valence-electron chi connectivity index (χ3n) is 4.53. The zero-order valence-corrected chi connectivity index (χ0v) is 13.3. The summed E-state index contributed by atoms with van der Waals surface area (Å²) in [6, 6.07) is 0.0922. The van der Waals surface area contributed by atoms with Crippen LogP contribution in [0.5, 0.6) is 0 Å². The number of nitrogens with two attached hydrogens (primary N) is 1. The summed E-state index contributed by atoms with van der Waals surface area (Å²) in [4.78, 5) is 14.4. The van der Waals surface area contributed by atoms with E-state index in [0.29, 0.717) is 6.42 Å². The van der Waals surface area contributed by atoms with Crippen LogP contribution in [0.3, 0.4) is 0 Å². The van der Waals surface area contributed by atoms with Crippen LogP contribution >= 0.6 is 0 Å². The second kappa shape index (κ2) is 5.64. The van der Waals surface area contributed by atoms with E-state index in [0.717, 1.165) is 38.6 Å². The molecule has 0 aromatic heterocycles. The highest BCUT2D eigenvalue weighted by molar-refractivity contribution is 7.90. The molecule has 6 heteroatoms. The molecule has 2 aliphatic rings. The van der Waals surface area contributed by atoms with Crippen LogP contribution in [0.1, 0.15) is 45.4 Å². The van der Waals surface area contributed by atoms with Gasteiger partial charge in [-0.1, -0.05) is 0 Å². The van der Waals surface area contributed by atoms with Gasteiger partial charge < -0.3 is 10.6 Å². The molecule has 116 valence electrons. The number of carbonyl (C=O) groups is 1. The lowest BCUT2D eigenvalue weighted by molar-refractivity contribution is -0.136. The molecule has 20 heavy (non-hydrogen) atoms. The first-order valence-corrected chi connectivity index (χ1v) is 9.51. The van der Waals surface area contributed by atoms with Crippen molar-refractivity contribution >= 4 is 15.7 Å². The van der Waals surface area contributed by atoms with Crippen LogP contribution in [-0.4, -0.2) is 49.9 Å². The number of piperidine rings is 1. The Balaban J connectivity index is 2.00. The van der Waals surface area contributed by atoms with E-state index in [1.807, 2.05) is 11.8 Å². The highest BCUT2D eigenvalue weighted by Crippen LogP contribution is 2.50. The third kappa shape index (κ3) is 3.95. The Bertz CT molecular complexity index is 469. The smallest absolute Gasteiger partial charge is 0.223 e. The maximum atomic E-state index is 12.5. The zero-order valence-electron chi connectivity index (χ0n) is 12.5. The van der Waals surface area contributed by atoms with Gasteiger partial charge in [-0.15, -0.1) is 0 Å². The molecule has 1 saturated heterocycles. The molecule has 1 saturated carbocycles. The Kier molecular flexibility index (Phi) is 4.44. The average Bonchev–Trinajstić information content (AvgIpc) is 3.05. The van der Waals surface area contributed by atoms with E-state index in [2.05, 4.69) is 0 Å². The SMILES string of the molecule is CC(N)C1CCCCN1C(=O)CC1(CS(C)(=O)=O)CC1. The summed E-state index contributed by atoms with van der Waals surface area (Å²) in [5.74, 6) is 0.232. The Morgan fingerprint density at radius 1 is 1.40 bits per heavy atom. The first-order valence-electron chi connectivity index (χ1n) is 7.45. The fourth-order valence-electron chi connectivity index (χ4n) is 3.34. The predicted octanol–water partition coefficient (Wildman–Crippen LogP) is 0.930. The summed E-state index contributed by atoms with van der Waals surface area (Å²) in [7, 11) is -3.02. The molecule has 0 radical (unpaired) electrons. The second-order valence-corrected chi connectivity index (χ2v) is 8.90. The van der Waals surface area contributed by atoms with Crippen molar-refractivity contribution in [2.45, 2.75) is 57.5 Å². The number of sulfone groups is 1. The molecule has 1 aliphatic heterocycles. The molecular weight excluding hydrogens is 276 g/mol. The monoisotopic (exact) mass is 302 g/mol. The normalized spacial score (nSPS) is 27.1. The molecule has 1 amide bonds. The number of carbonyl (C=O) groups excluding carboxylic acids is 1. The summed E-state index contributed by atoms with van der Waals surface area (Å²) in [6.07, 6.45) is 6.42. The van der Waals surface area contributed by atoms with E-state index in [-0.39, 0.29) is 29.2 Å². The number of likely N-dealkylation sites (tertiary alicyclic amines) is 1. The van der Waals surface area contributed by atoms with Crippen LogP contribution < -0.4 is 5.73 Å². The molecule has 1 heterocycles. The Labute approximate surface area is 121 Å². The summed E-state index contributed by atoms with van der Waals surface area (Å²) >= 11 is 0. The lowest BCUT2D eigenvalue weighted by Crippen LogP contribution is -2.52. The average molecular weight is 302 g/mol. The van der Waals surface area contributed by atoms with Crippen molar-refractivity contribution in [3.63, 3.8) is 0 Å². The van der Waals surface area contributed by atoms with Crippen molar-refractivity contribution in [1.82, 2.24) is 4.90 Å². The number of rotatable bonds is 5. The van der Waals surface area contributed by atoms with Crippen molar-refractivity contribution in [3.05, 3.63) is 0 Å². The minimum Gasteiger partial charge on any atom is -0.338 e. The molecular formula is C14H26N2O3S. The van der Waals surface area contributed by atoms with Gasteiger partial charge in [0.25, 0.3) is 0 Å². The van der Waals surface area contributed by atoms with Gasteiger partial charge in [0.1, 0.15) is 9.84 Å². The van der Waals surface area contributed by atoms with Gasteiger partial charge in [0.2, 0.25) is 5.91 Å². The summed E-state index contributed by atoms with van der Waals surface area (Å²) in [5.41, 5.74) is 5.70. The predicted molar refractivity (Wildman–Crippen MR) is 79.0 cm³/mol. The maximum Gasteiger partial charge on any atom is 0.223 e. The van der Waals surface area contributed by atoms with E-state index >= 15 is 0 Å². The van der Waals surface area contributed by atoms with Crippen LogP contribution in [0.25, 0.3) is 0 Å². The molecule has 0 bridgehead atoms. The van der Waals surface area contributed by atoms with Crippen LogP contribution in [0.15, 0.2) is 0 Å². The minimum absolute atomic E-state index is 0.0238. The molecule has 2 fully saturated rings. The molecule has 0 aromatic carbocycles. The van der Waals surface area contributed by atoms with Crippen molar-refractivity contribution in [2.75, 3.05) is 18.6 Å². The third-order valence-corrected chi connectivity index (χ3v) is 5.66.